The Kier molecular flexibility index (Phi) is 11.0. The molecule has 0 saturated carbocycles. The third-order valence-corrected chi connectivity index (χ3v) is 9.36. The molecular weight excluding hydrogens is 607 g/mol. The van der Waals surface area contributed by atoms with Crippen molar-refractivity contribution in [3.8, 4) is 11.1 Å². The number of nitrogens with one attached hydrogen (secondary N) is 2. The molecule has 6 rings (SSSR count). The second-order valence-corrected chi connectivity index (χ2v) is 12.7. The number of rotatable bonds is 11. The number of amides is 2. The van der Waals surface area contributed by atoms with Gasteiger partial charge in [-0.1, -0.05) is 104 Å². The zero-order valence-electron chi connectivity index (χ0n) is 26.3. The van der Waals surface area contributed by atoms with Crippen LogP contribution in [0.15, 0.2) is 133 Å². The molecule has 2 amide bonds. The Morgan fingerprint density at radius 3 is 2.19 bits per heavy atom. The lowest BCUT2D eigenvalue weighted by atomic mass is 9.91. The molecule has 1 aliphatic rings. The summed E-state index contributed by atoms with van der Waals surface area (Å²) in [6.45, 7) is 3.05. The maximum atomic E-state index is 12.4. The van der Waals surface area contributed by atoms with Crippen LogP contribution in [0.3, 0.4) is 0 Å². The second kappa shape index (κ2) is 15.9. The normalized spacial score (nSPS) is 19.2. The van der Waals surface area contributed by atoms with Gasteiger partial charge in [-0.2, -0.15) is 0 Å². The number of hydrogen-bond acceptors (Lipinski definition) is 6. The number of carbonyl (C=O) groups is 1. The SMILES string of the molecule is C[C@H]1[C@@H](CSc2ccccn2)O[C@@H](c2cccc(-c3cccc(CNC(=O)NCc4ccccc4)c3)c2)O[C@H]1c1ccc(CO)cc1. The van der Waals surface area contributed by atoms with Crippen molar-refractivity contribution in [1.29, 1.82) is 0 Å². The molecule has 0 aliphatic carbocycles. The average molecular weight is 646 g/mol. The predicted octanol–water partition coefficient (Wildman–Crippen LogP) is 7.82. The van der Waals surface area contributed by atoms with E-state index in [9.17, 15) is 9.90 Å². The first-order chi connectivity index (χ1) is 23.1. The number of nitrogens with zero attached hydrogens (tertiary/aromatic N) is 1. The number of benzene rings is 4. The van der Waals surface area contributed by atoms with Crippen LogP contribution in [-0.2, 0) is 29.2 Å². The molecule has 3 N–H and O–H groups in total. The Morgan fingerprint density at radius 2 is 1.45 bits per heavy atom. The quantitative estimate of drug-likeness (QED) is 0.127. The fourth-order valence-electron chi connectivity index (χ4n) is 5.66. The highest BCUT2D eigenvalue weighted by Crippen LogP contribution is 2.43. The summed E-state index contributed by atoms with van der Waals surface area (Å²) in [5, 5.41) is 16.4. The molecule has 2 heterocycles. The van der Waals surface area contributed by atoms with Crippen molar-refractivity contribution < 1.29 is 19.4 Å². The van der Waals surface area contributed by atoms with Gasteiger partial charge in [-0.25, -0.2) is 9.78 Å². The Balaban J connectivity index is 1.17. The number of ether oxygens (including phenoxy) is 2. The summed E-state index contributed by atoms with van der Waals surface area (Å²) in [5.74, 6) is 0.816. The minimum absolute atomic E-state index is 0.00193. The van der Waals surface area contributed by atoms with Gasteiger partial charge in [0.15, 0.2) is 6.29 Å². The molecule has 0 unspecified atom stereocenters. The Morgan fingerprint density at radius 1 is 0.745 bits per heavy atom. The van der Waals surface area contributed by atoms with Gasteiger partial charge in [-0.05, 0) is 57.6 Å². The Bertz CT molecular complexity index is 1740. The predicted molar refractivity (Wildman–Crippen MR) is 185 cm³/mol. The Hall–Kier alpha value is -4.47. The zero-order chi connectivity index (χ0) is 32.4. The molecular formula is C39H39N3O4S. The maximum absolute atomic E-state index is 12.4. The summed E-state index contributed by atoms with van der Waals surface area (Å²) in [7, 11) is 0. The molecule has 1 aromatic heterocycles. The minimum Gasteiger partial charge on any atom is -0.392 e. The first-order valence-corrected chi connectivity index (χ1v) is 16.8. The topological polar surface area (TPSA) is 92.7 Å². The monoisotopic (exact) mass is 645 g/mol. The van der Waals surface area contributed by atoms with E-state index in [1.807, 2.05) is 103 Å². The van der Waals surface area contributed by atoms with Crippen molar-refractivity contribution in [2.45, 2.75) is 50.1 Å². The van der Waals surface area contributed by atoms with Gasteiger partial charge < -0.3 is 25.2 Å². The van der Waals surface area contributed by atoms with E-state index >= 15 is 0 Å². The van der Waals surface area contributed by atoms with Gasteiger partial charge in [0, 0.05) is 36.5 Å². The minimum atomic E-state index is -0.568. The molecule has 47 heavy (non-hydrogen) atoms. The summed E-state index contributed by atoms with van der Waals surface area (Å²) in [5.41, 5.74) is 6.98. The summed E-state index contributed by atoms with van der Waals surface area (Å²) < 4.78 is 13.4. The number of urea groups is 1. The van der Waals surface area contributed by atoms with Crippen LogP contribution in [0.2, 0.25) is 0 Å². The smallest absolute Gasteiger partial charge is 0.315 e. The van der Waals surface area contributed by atoms with Crippen molar-refractivity contribution in [2.24, 2.45) is 5.92 Å². The van der Waals surface area contributed by atoms with Gasteiger partial charge in [0.25, 0.3) is 0 Å². The number of pyridine rings is 1. The van der Waals surface area contributed by atoms with E-state index in [2.05, 4.69) is 46.8 Å². The van der Waals surface area contributed by atoms with Crippen LogP contribution < -0.4 is 10.6 Å². The van der Waals surface area contributed by atoms with Crippen LogP contribution in [0.25, 0.3) is 11.1 Å². The molecule has 1 aliphatic heterocycles. The highest BCUT2D eigenvalue weighted by molar-refractivity contribution is 7.99. The van der Waals surface area contributed by atoms with E-state index in [-0.39, 0.29) is 30.8 Å². The molecule has 0 bridgehead atoms. The first kappa shape index (κ1) is 32.5. The molecule has 240 valence electrons. The fraction of sp³-hybridized carbons (Fsp3) is 0.231. The zero-order valence-corrected chi connectivity index (χ0v) is 27.1. The largest absolute Gasteiger partial charge is 0.392 e. The van der Waals surface area contributed by atoms with Crippen molar-refractivity contribution in [3.05, 3.63) is 155 Å². The lowest BCUT2D eigenvalue weighted by Gasteiger charge is -2.41. The average Bonchev–Trinajstić information content (AvgIpc) is 3.14. The number of hydrogen-bond donors (Lipinski definition) is 3. The number of aliphatic hydroxyl groups is 1. The molecule has 0 spiro atoms. The standard InChI is InChI=1S/C39H39N3O4S/c1-27-35(26-47-36-15-5-6-20-40-36)45-38(46-37(27)31-18-16-29(25-43)17-19-31)34-14-8-13-33(22-34)32-12-7-11-30(21-32)24-42-39(44)41-23-28-9-3-2-4-10-28/h2-22,27,35,37-38,43H,23-26H2,1H3,(H2,41,42,44)/t27-,35+,37+,38+/m0/s1. The summed E-state index contributed by atoms with van der Waals surface area (Å²) >= 11 is 1.68. The van der Waals surface area contributed by atoms with E-state index in [4.69, 9.17) is 9.47 Å². The fourth-order valence-corrected chi connectivity index (χ4v) is 6.69. The number of carbonyl (C=O) groups excluding carboxylic acids is 1. The molecule has 7 nitrogen and oxygen atoms in total. The van der Waals surface area contributed by atoms with Gasteiger partial charge in [0.2, 0.25) is 0 Å². The Labute approximate surface area is 280 Å². The van der Waals surface area contributed by atoms with E-state index in [0.29, 0.717) is 13.1 Å². The lowest BCUT2D eigenvalue weighted by Crippen LogP contribution is -2.38. The van der Waals surface area contributed by atoms with E-state index in [1.165, 1.54) is 0 Å². The summed E-state index contributed by atoms with van der Waals surface area (Å²) in [4.78, 5) is 16.9. The van der Waals surface area contributed by atoms with Crippen LogP contribution >= 0.6 is 11.8 Å². The van der Waals surface area contributed by atoms with Gasteiger partial charge in [-0.3, -0.25) is 0 Å². The number of aromatic nitrogens is 1. The highest BCUT2D eigenvalue weighted by atomic mass is 32.2. The molecule has 4 atom stereocenters. The number of thioether (sulfide) groups is 1. The van der Waals surface area contributed by atoms with E-state index in [1.54, 1.807) is 11.8 Å². The van der Waals surface area contributed by atoms with Crippen molar-refractivity contribution >= 4 is 17.8 Å². The summed E-state index contributed by atoms with van der Waals surface area (Å²) in [6, 6.07) is 40.0. The van der Waals surface area contributed by atoms with Crippen LogP contribution in [0, 0.1) is 5.92 Å². The molecule has 5 aromatic rings. The molecule has 4 aromatic carbocycles. The van der Waals surface area contributed by atoms with Crippen LogP contribution in [-0.4, -0.2) is 28.0 Å². The van der Waals surface area contributed by atoms with Gasteiger partial charge in [0.1, 0.15) is 0 Å². The van der Waals surface area contributed by atoms with E-state index in [0.717, 1.165) is 49.7 Å². The van der Waals surface area contributed by atoms with Crippen LogP contribution in [0.5, 0.6) is 0 Å². The molecule has 8 heteroatoms. The molecule has 1 fully saturated rings. The van der Waals surface area contributed by atoms with Crippen molar-refractivity contribution in [2.75, 3.05) is 5.75 Å². The first-order valence-electron chi connectivity index (χ1n) is 15.8. The highest BCUT2D eigenvalue weighted by Gasteiger charge is 2.38. The van der Waals surface area contributed by atoms with Crippen LogP contribution in [0.1, 0.15) is 47.1 Å². The van der Waals surface area contributed by atoms with Crippen LogP contribution in [0.4, 0.5) is 4.79 Å². The molecule has 0 radical (unpaired) electrons. The summed E-state index contributed by atoms with van der Waals surface area (Å²) in [6.07, 6.45) is 0.958. The number of aliphatic hydroxyl groups excluding tert-OH is 1. The van der Waals surface area contributed by atoms with Crippen molar-refractivity contribution in [3.63, 3.8) is 0 Å². The van der Waals surface area contributed by atoms with Crippen molar-refractivity contribution in [1.82, 2.24) is 15.6 Å². The van der Waals surface area contributed by atoms with Gasteiger partial charge in [-0.15, -0.1) is 11.8 Å². The third kappa shape index (κ3) is 8.67. The lowest BCUT2D eigenvalue weighted by molar-refractivity contribution is -0.268. The molecule has 1 saturated heterocycles. The van der Waals surface area contributed by atoms with E-state index < -0.39 is 6.29 Å². The second-order valence-electron chi connectivity index (χ2n) is 11.6. The van der Waals surface area contributed by atoms with Gasteiger partial charge >= 0.3 is 6.03 Å². The third-order valence-electron chi connectivity index (χ3n) is 8.32. The maximum Gasteiger partial charge on any atom is 0.315 e. The van der Waals surface area contributed by atoms with Gasteiger partial charge in [0.05, 0.1) is 23.8 Å².